The number of hydrogen-bond acceptors (Lipinski definition) is 2. The van der Waals surface area contributed by atoms with Crippen LogP contribution in [0.2, 0.25) is 5.02 Å². The molecule has 5 heteroatoms. The van der Waals surface area contributed by atoms with Crippen molar-refractivity contribution in [3.63, 3.8) is 0 Å². The molecule has 0 aliphatic carbocycles. The van der Waals surface area contributed by atoms with Gasteiger partial charge in [0.05, 0.1) is 13.1 Å². The van der Waals surface area contributed by atoms with Gasteiger partial charge in [0.25, 0.3) is 0 Å². The summed E-state index contributed by atoms with van der Waals surface area (Å²) in [6.07, 6.45) is 0. The molecule has 0 radical (unpaired) electrons. The van der Waals surface area contributed by atoms with E-state index in [-0.39, 0.29) is 5.91 Å². The van der Waals surface area contributed by atoms with Crippen LogP contribution < -0.4 is 10.2 Å². The van der Waals surface area contributed by atoms with Crippen LogP contribution in [-0.2, 0) is 4.79 Å². The Kier molecular flexibility index (Phi) is 2.97. The van der Waals surface area contributed by atoms with Gasteiger partial charge < -0.3 is 10.2 Å². The number of nitrogens with one attached hydrogen (secondary N) is 1. The maximum Gasteiger partial charge on any atom is 0.239 e. The molecule has 1 aliphatic rings. The summed E-state index contributed by atoms with van der Waals surface area (Å²) in [7, 11) is 0. The third kappa shape index (κ3) is 2.10. The molecule has 0 saturated carbocycles. The average molecular weight is 236 g/mol. The minimum atomic E-state index is 0.0108. The molecule has 1 N–H and O–H groups in total. The number of rotatable bonds is 1. The van der Waals surface area contributed by atoms with Gasteiger partial charge in [-0.05, 0) is 12.1 Å². The summed E-state index contributed by atoms with van der Waals surface area (Å²) in [4.78, 5) is 16.5. The van der Waals surface area contributed by atoms with Gasteiger partial charge in [0.1, 0.15) is 0 Å². The largest absolute Gasteiger partial charge is 0.360 e. The number of hydrogen-bond donors (Lipinski definition) is 1. The van der Waals surface area contributed by atoms with E-state index in [9.17, 15) is 4.79 Å². The Balaban J connectivity index is 2.24. The summed E-state index contributed by atoms with van der Waals surface area (Å²) in [5, 5.41) is 3.19. The van der Waals surface area contributed by atoms with Crippen LogP contribution in [0.4, 0.5) is 11.4 Å². The van der Waals surface area contributed by atoms with Crippen LogP contribution in [0.25, 0.3) is 4.85 Å². The molecule has 0 atom stereocenters. The van der Waals surface area contributed by atoms with Gasteiger partial charge in [-0.2, -0.15) is 0 Å². The lowest BCUT2D eigenvalue weighted by atomic mass is 10.2. The van der Waals surface area contributed by atoms with E-state index < -0.39 is 0 Å². The fourth-order valence-corrected chi connectivity index (χ4v) is 1.86. The van der Waals surface area contributed by atoms with E-state index in [2.05, 4.69) is 10.2 Å². The molecule has 0 spiro atoms. The first-order valence-corrected chi connectivity index (χ1v) is 5.27. The van der Waals surface area contributed by atoms with Gasteiger partial charge in [0.15, 0.2) is 0 Å². The number of benzene rings is 1. The van der Waals surface area contributed by atoms with Crippen LogP contribution >= 0.6 is 11.6 Å². The third-order valence-electron chi connectivity index (χ3n) is 2.46. The van der Waals surface area contributed by atoms with Crippen molar-refractivity contribution in [2.24, 2.45) is 0 Å². The molecule has 82 valence electrons. The van der Waals surface area contributed by atoms with Gasteiger partial charge in [-0.3, -0.25) is 4.79 Å². The molecular weight excluding hydrogens is 226 g/mol. The molecule has 2 rings (SSSR count). The molecule has 16 heavy (non-hydrogen) atoms. The quantitative estimate of drug-likeness (QED) is 0.754. The van der Waals surface area contributed by atoms with Gasteiger partial charge in [0, 0.05) is 23.8 Å². The van der Waals surface area contributed by atoms with Crippen LogP contribution in [0.15, 0.2) is 18.2 Å². The fourth-order valence-electron chi connectivity index (χ4n) is 1.64. The Bertz CT molecular complexity index is 467. The van der Waals surface area contributed by atoms with E-state index in [1.807, 2.05) is 11.0 Å². The monoisotopic (exact) mass is 235 g/mol. The highest BCUT2D eigenvalue weighted by Crippen LogP contribution is 2.29. The number of carbonyl (C=O) groups excluding carboxylic acids is 1. The Morgan fingerprint density at radius 3 is 2.94 bits per heavy atom. The minimum absolute atomic E-state index is 0.0108. The lowest BCUT2D eigenvalue weighted by Gasteiger charge is -2.28. The summed E-state index contributed by atoms with van der Waals surface area (Å²) in [6.45, 7) is 8.64. The molecule has 1 saturated heterocycles. The maximum atomic E-state index is 11.2. The predicted octanol–water partition coefficient (Wildman–Crippen LogP) is 1.83. The van der Waals surface area contributed by atoms with Crippen molar-refractivity contribution >= 4 is 28.9 Å². The topological polar surface area (TPSA) is 36.7 Å². The van der Waals surface area contributed by atoms with Gasteiger partial charge >= 0.3 is 0 Å². The molecule has 1 aliphatic heterocycles. The standard InChI is InChI=1S/C11H10ClN3O/c1-13-10-3-2-8(6-9(10)12)15-5-4-14-11(16)7-15/h2-3,6H,4-5,7H2,(H,14,16). The third-order valence-corrected chi connectivity index (χ3v) is 2.76. The summed E-state index contributed by atoms with van der Waals surface area (Å²) in [6, 6.07) is 5.22. The zero-order chi connectivity index (χ0) is 11.5. The molecule has 1 aromatic rings. The zero-order valence-corrected chi connectivity index (χ0v) is 9.29. The molecule has 1 fully saturated rings. The molecule has 0 aromatic heterocycles. The second-order valence-corrected chi connectivity index (χ2v) is 3.93. The minimum Gasteiger partial charge on any atom is -0.360 e. The SMILES string of the molecule is [C-]#[N+]c1ccc(N2CCNC(=O)C2)cc1Cl. The van der Waals surface area contributed by atoms with E-state index in [0.29, 0.717) is 23.8 Å². The summed E-state index contributed by atoms with van der Waals surface area (Å²) in [5.41, 5.74) is 1.32. The zero-order valence-electron chi connectivity index (χ0n) is 8.53. The highest BCUT2D eigenvalue weighted by Gasteiger charge is 2.16. The summed E-state index contributed by atoms with van der Waals surface area (Å²) in [5.74, 6) is 0.0108. The van der Waals surface area contributed by atoms with Crippen molar-refractivity contribution in [3.8, 4) is 0 Å². The lowest BCUT2D eigenvalue weighted by Crippen LogP contribution is -2.47. The number of piperazine rings is 1. The molecule has 0 unspecified atom stereocenters. The van der Waals surface area contributed by atoms with Gasteiger partial charge in [-0.25, -0.2) is 4.85 Å². The van der Waals surface area contributed by atoms with Crippen molar-refractivity contribution in [3.05, 3.63) is 34.6 Å². The van der Waals surface area contributed by atoms with Crippen LogP contribution in [0.1, 0.15) is 0 Å². The van der Waals surface area contributed by atoms with Crippen molar-refractivity contribution in [2.75, 3.05) is 24.5 Å². The second-order valence-electron chi connectivity index (χ2n) is 3.52. The Morgan fingerprint density at radius 2 is 2.31 bits per heavy atom. The molecule has 1 amide bonds. The van der Waals surface area contributed by atoms with Crippen LogP contribution in [0, 0.1) is 6.57 Å². The van der Waals surface area contributed by atoms with E-state index in [1.54, 1.807) is 12.1 Å². The first-order valence-electron chi connectivity index (χ1n) is 4.89. The number of carbonyl (C=O) groups is 1. The number of halogens is 1. The fraction of sp³-hybridized carbons (Fsp3) is 0.273. The highest BCUT2D eigenvalue weighted by atomic mass is 35.5. The Hall–Kier alpha value is -1.73. The van der Waals surface area contributed by atoms with Crippen molar-refractivity contribution in [1.29, 1.82) is 0 Å². The van der Waals surface area contributed by atoms with E-state index in [0.717, 1.165) is 12.2 Å². The smallest absolute Gasteiger partial charge is 0.239 e. The molecule has 1 aromatic carbocycles. The molecule has 4 nitrogen and oxygen atoms in total. The van der Waals surface area contributed by atoms with Crippen molar-refractivity contribution in [2.45, 2.75) is 0 Å². The van der Waals surface area contributed by atoms with Gasteiger partial charge in [-0.1, -0.05) is 17.7 Å². The number of anilines is 1. The van der Waals surface area contributed by atoms with E-state index in [1.165, 1.54) is 0 Å². The number of nitrogens with zero attached hydrogens (tertiary/aromatic N) is 2. The van der Waals surface area contributed by atoms with Crippen LogP contribution in [0.5, 0.6) is 0 Å². The summed E-state index contributed by atoms with van der Waals surface area (Å²) < 4.78 is 0. The van der Waals surface area contributed by atoms with Crippen LogP contribution in [0.3, 0.4) is 0 Å². The maximum absolute atomic E-state index is 11.2. The predicted molar refractivity (Wildman–Crippen MR) is 62.9 cm³/mol. The normalized spacial score (nSPS) is 15.5. The second kappa shape index (κ2) is 4.42. The van der Waals surface area contributed by atoms with Gasteiger partial charge in [-0.15, -0.1) is 0 Å². The lowest BCUT2D eigenvalue weighted by molar-refractivity contribution is -0.120. The van der Waals surface area contributed by atoms with Gasteiger partial charge in [0.2, 0.25) is 11.6 Å². The van der Waals surface area contributed by atoms with Crippen molar-refractivity contribution in [1.82, 2.24) is 5.32 Å². The van der Waals surface area contributed by atoms with Crippen LogP contribution in [-0.4, -0.2) is 25.5 Å². The molecule has 1 heterocycles. The van der Waals surface area contributed by atoms with E-state index in [4.69, 9.17) is 18.2 Å². The summed E-state index contributed by atoms with van der Waals surface area (Å²) >= 11 is 5.94. The van der Waals surface area contributed by atoms with Crippen molar-refractivity contribution < 1.29 is 4.79 Å². The first-order chi connectivity index (χ1) is 7.70. The highest BCUT2D eigenvalue weighted by molar-refractivity contribution is 6.33. The Morgan fingerprint density at radius 1 is 1.50 bits per heavy atom. The molecular formula is C11H10ClN3O. The van der Waals surface area contributed by atoms with E-state index >= 15 is 0 Å². The average Bonchev–Trinajstić information content (AvgIpc) is 2.29. The Labute approximate surface area is 98.6 Å². The first kappa shape index (κ1) is 10.8. The number of amides is 1. The molecule has 0 bridgehead atoms.